The molecule has 1 fully saturated rings. The van der Waals surface area contributed by atoms with Crippen molar-refractivity contribution in [3.8, 4) is 0 Å². The fourth-order valence-corrected chi connectivity index (χ4v) is 2.38. The van der Waals surface area contributed by atoms with E-state index in [1.165, 1.54) is 5.69 Å². The maximum absolute atomic E-state index is 5.37. The van der Waals surface area contributed by atoms with Crippen LogP contribution in [0.3, 0.4) is 0 Å². The zero-order valence-electron chi connectivity index (χ0n) is 11.1. The highest BCUT2D eigenvalue weighted by atomic mass is 16.5. The lowest BCUT2D eigenvalue weighted by atomic mass is 10.1. The molecule has 2 heterocycles. The van der Waals surface area contributed by atoms with Gasteiger partial charge in [0.2, 0.25) is 0 Å². The predicted molar refractivity (Wildman–Crippen MR) is 68.3 cm³/mol. The Kier molecular flexibility index (Phi) is 4.18. The summed E-state index contributed by atoms with van der Waals surface area (Å²) < 4.78 is 7.54. The van der Waals surface area contributed by atoms with Gasteiger partial charge in [-0.25, -0.2) is 0 Å². The SMILES string of the molecule is CC(C)c1ccnn1C(C)CN1CCOCC1. The molecule has 1 unspecified atom stereocenters. The third kappa shape index (κ3) is 3.07. The van der Waals surface area contributed by atoms with Crippen LogP contribution in [-0.4, -0.2) is 47.5 Å². The van der Waals surface area contributed by atoms with Gasteiger partial charge in [0.1, 0.15) is 0 Å². The van der Waals surface area contributed by atoms with E-state index in [2.05, 4.69) is 41.5 Å². The molecule has 4 nitrogen and oxygen atoms in total. The Balaban J connectivity index is 1.98. The van der Waals surface area contributed by atoms with Gasteiger partial charge in [0.05, 0.1) is 19.3 Å². The summed E-state index contributed by atoms with van der Waals surface area (Å²) in [5.74, 6) is 0.532. The monoisotopic (exact) mass is 237 g/mol. The van der Waals surface area contributed by atoms with Crippen molar-refractivity contribution in [1.29, 1.82) is 0 Å². The minimum Gasteiger partial charge on any atom is -0.379 e. The molecule has 1 aliphatic heterocycles. The Bertz CT molecular complexity index is 342. The van der Waals surface area contributed by atoms with E-state index in [0.29, 0.717) is 12.0 Å². The molecule has 0 N–H and O–H groups in total. The summed E-state index contributed by atoms with van der Waals surface area (Å²) in [6.07, 6.45) is 1.91. The van der Waals surface area contributed by atoms with Crippen molar-refractivity contribution in [3.63, 3.8) is 0 Å². The molecule has 1 aliphatic rings. The Morgan fingerprint density at radius 3 is 2.65 bits per heavy atom. The van der Waals surface area contributed by atoms with Crippen molar-refractivity contribution in [2.24, 2.45) is 0 Å². The summed E-state index contributed by atoms with van der Waals surface area (Å²) in [6, 6.07) is 2.56. The number of hydrogen-bond acceptors (Lipinski definition) is 3. The third-order valence-electron chi connectivity index (χ3n) is 3.34. The first-order valence-corrected chi connectivity index (χ1v) is 6.52. The molecule has 1 saturated heterocycles. The molecule has 0 aliphatic carbocycles. The summed E-state index contributed by atoms with van der Waals surface area (Å²) in [7, 11) is 0. The van der Waals surface area contributed by atoms with Crippen LogP contribution in [0.2, 0.25) is 0 Å². The van der Waals surface area contributed by atoms with E-state index in [0.717, 1.165) is 32.8 Å². The predicted octanol–water partition coefficient (Wildman–Crippen LogP) is 1.90. The molecule has 96 valence electrons. The fraction of sp³-hybridized carbons (Fsp3) is 0.769. The number of ether oxygens (including phenoxy) is 1. The van der Waals surface area contributed by atoms with Gasteiger partial charge in [0.15, 0.2) is 0 Å². The first kappa shape index (κ1) is 12.6. The molecule has 4 heteroatoms. The van der Waals surface area contributed by atoms with Crippen LogP contribution in [0.5, 0.6) is 0 Å². The van der Waals surface area contributed by atoms with Crippen LogP contribution in [-0.2, 0) is 4.74 Å². The zero-order chi connectivity index (χ0) is 12.3. The Labute approximate surface area is 104 Å². The third-order valence-corrected chi connectivity index (χ3v) is 3.34. The quantitative estimate of drug-likeness (QED) is 0.801. The molecule has 0 saturated carbocycles. The summed E-state index contributed by atoms with van der Waals surface area (Å²) in [5.41, 5.74) is 1.32. The second kappa shape index (κ2) is 5.65. The minimum absolute atomic E-state index is 0.431. The zero-order valence-corrected chi connectivity index (χ0v) is 11.1. The molecule has 0 amide bonds. The summed E-state index contributed by atoms with van der Waals surface area (Å²) in [5, 5.41) is 4.46. The normalized spacial score (nSPS) is 19.8. The molecular formula is C13H23N3O. The maximum Gasteiger partial charge on any atom is 0.0621 e. The summed E-state index contributed by atoms with van der Waals surface area (Å²) in [4.78, 5) is 2.46. The Morgan fingerprint density at radius 2 is 2.00 bits per heavy atom. The average Bonchev–Trinajstić information content (AvgIpc) is 2.79. The van der Waals surface area contributed by atoms with E-state index < -0.39 is 0 Å². The smallest absolute Gasteiger partial charge is 0.0621 e. The van der Waals surface area contributed by atoms with E-state index in [1.54, 1.807) is 0 Å². The van der Waals surface area contributed by atoms with Crippen LogP contribution in [0.4, 0.5) is 0 Å². The van der Waals surface area contributed by atoms with Crippen LogP contribution in [0.1, 0.15) is 38.4 Å². The molecule has 0 spiro atoms. The average molecular weight is 237 g/mol. The molecule has 0 aromatic carbocycles. The molecule has 1 aromatic heterocycles. The molecular weight excluding hydrogens is 214 g/mol. The van der Waals surface area contributed by atoms with Crippen LogP contribution in [0.15, 0.2) is 12.3 Å². The van der Waals surface area contributed by atoms with E-state index >= 15 is 0 Å². The largest absolute Gasteiger partial charge is 0.379 e. The van der Waals surface area contributed by atoms with E-state index in [9.17, 15) is 0 Å². The lowest BCUT2D eigenvalue weighted by Crippen LogP contribution is -2.39. The van der Waals surface area contributed by atoms with Crippen LogP contribution >= 0.6 is 0 Å². The lowest BCUT2D eigenvalue weighted by Gasteiger charge is -2.30. The second-order valence-corrected chi connectivity index (χ2v) is 5.12. The van der Waals surface area contributed by atoms with Gasteiger partial charge in [-0.15, -0.1) is 0 Å². The van der Waals surface area contributed by atoms with Crippen molar-refractivity contribution >= 4 is 0 Å². The summed E-state index contributed by atoms with van der Waals surface area (Å²) in [6.45, 7) is 11.6. The van der Waals surface area contributed by atoms with E-state index in [1.807, 2.05) is 6.20 Å². The fourth-order valence-electron chi connectivity index (χ4n) is 2.38. The lowest BCUT2D eigenvalue weighted by molar-refractivity contribution is 0.0317. The Hall–Kier alpha value is -0.870. The summed E-state index contributed by atoms with van der Waals surface area (Å²) >= 11 is 0. The number of nitrogens with zero attached hydrogens (tertiary/aromatic N) is 3. The van der Waals surface area contributed by atoms with Crippen molar-refractivity contribution in [1.82, 2.24) is 14.7 Å². The first-order valence-electron chi connectivity index (χ1n) is 6.52. The molecule has 2 rings (SSSR count). The van der Waals surface area contributed by atoms with Crippen LogP contribution in [0.25, 0.3) is 0 Å². The topological polar surface area (TPSA) is 30.3 Å². The standard InChI is InChI=1S/C13H23N3O/c1-11(2)13-4-5-14-16(13)12(3)10-15-6-8-17-9-7-15/h4-5,11-12H,6-10H2,1-3H3. The molecule has 1 aromatic rings. The molecule has 0 bridgehead atoms. The van der Waals surface area contributed by atoms with Gasteiger partial charge in [-0.3, -0.25) is 9.58 Å². The first-order chi connectivity index (χ1) is 8.18. The highest BCUT2D eigenvalue weighted by Crippen LogP contribution is 2.18. The van der Waals surface area contributed by atoms with Gasteiger partial charge in [-0.05, 0) is 18.9 Å². The van der Waals surface area contributed by atoms with Gasteiger partial charge in [-0.1, -0.05) is 13.8 Å². The van der Waals surface area contributed by atoms with Crippen LogP contribution < -0.4 is 0 Å². The highest BCUT2D eigenvalue weighted by Gasteiger charge is 2.17. The second-order valence-electron chi connectivity index (χ2n) is 5.12. The number of hydrogen-bond donors (Lipinski definition) is 0. The van der Waals surface area contributed by atoms with Crippen molar-refractivity contribution < 1.29 is 4.74 Å². The van der Waals surface area contributed by atoms with Gasteiger partial charge in [-0.2, -0.15) is 5.10 Å². The highest BCUT2D eigenvalue weighted by molar-refractivity contribution is 5.06. The van der Waals surface area contributed by atoms with Crippen molar-refractivity contribution in [3.05, 3.63) is 18.0 Å². The van der Waals surface area contributed by atoms with E-state index in [-0.39, 0.29) is 0 Å². The van der Waals surface area contributed by atoms with Gasteiger partial charge in [0.25, 0.3) is 0 Å². The van der Waals surface area contributed by atoms with Crippen LogP contribution in [0, 0.1) is 0 Å². The minimum atomic E-state index is 0.431. The van der Waals surface area contributed by atoms with E-state index in [4.69, 9.17) is 4.74 Å². The number of aromatic nitrogens is 2. The molecule has 0 radical (unpaired) electrons. The molecule has 17 heavy (non-hydrogen) atoms. The van der Waals surface area contributed by atoms with Gasteiger partial charge in [0, 0.05) is 31.5 Å². The van der Waals surface area contributed by atoms with Crippen molar-refractivity contribution in [2.75, 3.05) is 32.8 Å². The van der Waals surface area contributed by atoms with Gasteiger partial charge >= 0.3 is 0 Å². The molecule has 1 atom stereocenters. The Morgan fingerprint density at radius 1 is 1.29 bits per heavy atom. The maximum atomic E-state index is 5.37. The number of morpholine rings is 1. The van der Waals surface area contributed by atoms with Crippen molar-refractivity contribution in [2.45, 2.75) is 32.7 Å². The number of rotatable bonds is 4. The van der Waals surface area contributed by atoms with Gasteiger partial charge < -0.3 is 4.74 Å².